The molecule has 0 saturated carbocycles. The first-order chi connectivity index (χ1) is 13.5. The summed E-state index contributed by atoms with van der Waals surface area (Å²) in [4.78, 5) is 34.1. The van der Waals surface area contributed by atoms with E-state index >= 15 is 0 Å². The number of rotatable bonds is 4. The van der Waals surface area contributed by atoms with Gasteiger partial charge in [-0.15, -0.1) is 0 Å². The summed E-state index contributed by atoms with van der Waals surface area (Å²) in [6.07, 6.45) is 3.57. The van der Waals surface area contributed by atoms with Crippen LogP contribution in [0.1, 0.15) is 34.5 Å². The van der Waals surface area contributed by atoms with Gasteiger partial charge < -0.3 is 0 Å². The molecule has 0 bridgehead atoms. The zero-order valence-corrected chi connectivity index (χ0v) is 15.0. The minimum Gasteiger partial charge on any atom is -0.284 e. The molecule has 0 fully saturated rings. The van der Waals surface area contributed by atoms with Crippen LogP contribution in [-0.2, 0) is 19.3 Å². The van der Waals surface area contributed by atoms with Crippen LogP contribution in [0, 0.1) is 20.2 Å². The topological polar surface area (TPSA) is 108 Å². The lowest BCUT2D eigenvalue weighted by atomic mass is 9.95. The van der Waals surface area contributed by atoms with Crippen molar-refractivity contribution in [3.8, 4) is 0 Å². The molecule has 0 unspecified atom stereocenters. The molecule has 1 aliphatic rings. The number of nitro benzene ring substituents is 2. The van der Waals surface area contributed by atoms with Gasteiger partial charge >= 0.3 is 0 Å². The summed E-state index contributed by atoms with van der Waals surface area (Å²) in [5.41, 5.74) is 2.35. The molecule has 0 amide bonds. The number of carbonyl (C=O) groups excluding carboxylic acids is 1. The van der Waals surface area contributed by atoms with Gasteiger partial charge in [0.2, 0.25) is 5.91 Å². The van der Waals surface area contributed by atoms with Crippen LogP contribution in [0.5, 0.6) is 0 Å². The Bertz CT molecular complexity index is 1130. The number of nitrogens with zero attached hydrogens (tertiary/aromatic N) is 3. The lowest BCUT2D eigenvalue weighted by Gasteiger charge is -2.15. The van der Waals surface area contributed by atoms with Gasteiger partial charge in [0.25, 0.3) is 11.4 Å². The number of fused-ring (bicyclic) bond motifs is 3. The van der Waals surface area contributed by atoms with E-state index in [0.717, 1.165) is 48.3 Å². The number of hydrogen-bond donors (Lipinski definition) is 0. The first-order valence-corrected chi connectivity index (χ1v) is 9.03. The Kier molecular flexibility index (Phi) is 4.38. The number of aryl methyl sites for hydroxylation is 1. The van der Waals surface area contributed by atoms with E-state index < -0.39 is 15.5 Å². The van der Waals surface area contributed by atoms with Gasteiger partial charge in [-0.05, 0) is 43.4 Å². The number of nitro groups is 2. The Labute approximate surface area is 159 Å². The van der Waals surface area contributed by atoms with E-state index in [4.69, 9.17) is 0 Å². The molecule has 28 heavy (non-hydrogen) atoms. The van der Waals surface area contributed by atoms with Crippen molar-refractivity contribution in [2.75, 3.05) is 0 Å². The molecule has 1 aliphatic carbocycles. The molecular formula is C20H17N3O5. The van der Waals surface area contributed by atoms with E-state index in [0.29, 0.717) is 0 Å². The molecule has 8 heteroatoms. The predicted octanol–water partition coefficient (Wildman–Crippen LogP) is 4.22. The standard InChI is InChI=1S/C20H17N3O5/c24-20(11-13-9-10-14(22(25)26)12-19(13)23(27)28)21-17-7-3-1-5-15(17)16-6-2-4-8-18(16)21/h1,3,5,7,9-10,12H,2,4,6,8,11H2. The van der Waals surface area contributed by atoms with Gasteiger partial charge in [0.1, 0.15) is 0 Å². The predicted molar refractivity (Wildman–Crippen MR) is 103 cm³/mol. The molecule has 3 aromatic rings. The van der Waals surface area contributed by atoms with Crippen LogP contribution >= 0.6 is 0 Å². The van der Waals surface area contributed by atoms with Gasteiger partial charge in [0.05, 0.1) is 27.9 Å². The largest absolute Gasteiger partial charge is 0.284 e. The summed E-state index contributed by atoms with van der Waals surface area (Å²) in [7, 11) is 0. The van der Waals surface area contributed by atoms with E-state index in [1.165, 1.54) is 17.7 Å². The van der Waals surface area contributed by atoms with Crippen LogP contribution in [0.15, 0.2) is 42.5 Å². The van der Waals surface area contributed by atoms with Gasteiger partial charge in [-0.1, -0.05) is 18.2 Å². The van der Waals surface area contributed by atoms with Crippen LogP contribution < -0.4 is 0 Å². The normalized spacial score (nSPS) is 13.3. The van der Waals surface area contributed by atoms with Gasteiger partial charge in [-0.25, -0.2) is 0 Å². The second-order valence-corrected chi connectivity index (χ2v) is 6.88. The average Bonchev–Trinajstić information content (AvgIpc) is 3.02. The van der Waals surface area contributed by atoms with E-state index in [1.807, 2.05) is 24.3 Å². The number of carbonyl (C=O) groups is 1. The maximum absolute atomic E-state index is 13.2. The second kappa shape index (κ2) is 6.88. The fourth-order valence-corrected chi connectivity index (χ4v) is 4.01. The number of benzene rings is 2. The van der Waals surface area contributed by atoms with Crippen molar-refractivity contribution < 1.29 is 14.6 Å². The van der Waals surface area contributed by atoms with Gasteiger partial charge in [-0.2, -0.15) is 0 Å². The van der Waals surface area contributed by atoms with Gasteiger partial charge in [0, 0.05) is 22.7 Å². The Morgan fingerprint density at radius 2 is 1.75 bits per heavy atom. The minimum absolute atomic E-state index is 0.169. The van der Waals surface area contributed by atoms with Crippen molar-refractivity contribution in [2.45, 2.75) is 32.1 Å². The highest BCUT2D eigenvalue weighted by molar-refractivity contribution is 5.97. The minimum atomic E-state index is -0.686. The Morgan fingerprint density at radius 3 is 2.50 bits per heavy atom. The summed E-state index contributed by atoms with van der Waals surface area (Å²) >= 11 is 0. The van der Waals surface area contributed by atoms with E-state index in [-0.39, 0.29) is 23.6 Å². The third-order valence-corrected chi connectivity index (χ3v) is 5.25. The maximum atomic E-state index is 13.2. The Balaban J connectivity index is 1.78. The molecule has 0 spiro atoms. The van der Waals surface area contributed by atoms with E-state index in [9.17, 15) is 25.0 Å². The summed E-state index contributed by atoms with van der Waals surface area (Å²) in [5.74, 6) is -0.267. The zero-order valence-electron chi connectivity index (χ0n) is 15.0. The van der Waals surface area contributed by atoms with Crippen molar-refractivity contribution in [3.05, 3.63) is 79.5 Å². The van der Waals surface area contributed by atoms with E-state index in [1.54, 1.807) is 4.57 Å². The quantitative estimate of drug-likeness (QED) is 0.498. The monoisotopic (exact) mass is 379 g/mol. The molecule has 0 saturated heterocycles. The SMILES string of the molecule is O=C(Cc1ccc([N+](=O)[O-])cc1[N+](=O)[O-])n1c2c(c3ccccc31)CCCC2. The first kappa shape index (κ1) is 17.8. The van der Waals surface area contributed by atoms with Crippen LogP contribution in [0.3, 0.4) is 0 Å². The van der Waals surface area contributed by atoms with Crippen LogP contribution in [0.4, 0.5) is 11.4 Å². The van der Waals surface area contributed by atoms with Gasteiger partial charge in [-0.3, -0.25) is 29.6 Å². The smallest absolute Gasteiger partial charge is 0.279 e. The number of para-hydroxylation sites is 1. The number of non-ortho nitro benzene ring substituents is 1. The fourth-order valence-electron chi connectivity index (χ4n) is 4.01. The van der Waals surface area contributed by atoms with Crippen molar-refractivity contribution in [1.82, 2.24) is 4.57 Å². The summed E-state index contributed by atoms with van der Waals surface area (Å²) in [6.45, 7) is 0. The molecule has 0 N–H and O–H groups in total. The lowest BCUT2D eigenvalue weighted by molar-refractivity contribution is -0.394. The van der Waals surface area contributed by atoms with E-state index in [2.05, 4.69) is 0 Å². The second-order valence-electron chi connectivity index (χ2n) is 6.88. The number of hydrogen-bond acceptors (Lipinski definition) is 5. The highest BCUT2D eigenvalue weighted by Crippen LogP contribution is 2.33. The molecule has 8 nitrogen and oxygen atoms in total. The highest BCUT2D eigenvalue weighted by Gasteiger charge is 2.26. The van der Waals surface area contributed by atoms with Crippen molar-refractivity contribution in [3.63, 3.8) is 0 Å². The summed E-state index contributed by atoms with van der Waals surface area (Å²) in [5, 5.41) is 23.3. The molecule has 2 aromatic carbocycles. The summed E-state index contributed by atoms with van der Waals surface area (Å²) in [6, 6.07) is 11.1. The van der Waals surface area contributed by atoms with Crippen molar-refractivity contribution in [2.24, 2.45) is 0 Å². The zero-order chi connectivity index (χ0) is 19.8. The third kappa shape index (κ3) is 2.92. The summed E-state index contributed by atoms with van der Waals surface area (Å²) < 4.78 is 1.68. The molecule has 0 aliphatic heterocycles. The molecule has 1 heterocycles. The third-order valence-electron chi connectivity index (χ3n) is 5.25. The number of aromatic nitrogens is 1. The first-order valence-electron chi connectivity index (χ1n) is 9.03. The average molecular weight is 379 g/mol. The fraction of sp³-hybridized carbons (Fsp3) is 0.250. The molecule has 4 rings (SSSR count). The Hall–Kier alpha value is -3.55. The lowest BCUT2D eigenvalue weighted by Crippen LogP contribution is -2.18. The van der Waals surface area contributed by atoms with Crippen LogP contribution in [0.25, 0.3) is 10.9 Å². The molecule has 0 atom stereocenters. The molecule has 1 aromatic heterocycles. The molecule has 142 valence electrons. The molecular weight excluding hydrogens is 362 g/mol. The van der Waals surface area contributed by atoms with Gasteiger partial charge in [0.15, 0.2) is 0 Å². The van der Waals surface area contributed by atoms with Crippen LogP contribution in [0.2, 0.25) is 0 Å². The maximum Gasteiger partial charge on any atom is 0.279 e. The van der Waals surface area contributed by atoms with Crippen molar-refractivity contribution >= 4 is 28.2 Å². The van der Waals surface area contributed by atoms with Crippen LogP contribution in [-0.4, -0.2) is 20.3 Å². The highest BCUT2D eigenvalue weighted by atomic mass is 16.6. The molecule has 0 radical (unpaired) electrons. The Morgan fingerprint density at radius 1 is 1.00 bits per heavy atom. The van der Waals surface area contributed by atoms with Crippen molar-refractivity contribution in [1.29, 1.82) is 0 Å².